The van der Waals surface area contributed by atoms with Crippen molar-refractivity contribution in [3.63, 3.8) is 0 Å². The number of aryl methyl sites for hydroxylation is 2. The highest BCUT2D eigenvalue weighted by Crippen LogP contribution is 2.32. The molecule has 0 spiro atoms. The number of morpholine rings is 1. The Hall–Kier alpha value is -2.33. The number of halogens is 1. The van der Waals surface area contributed by atoms with E-state index in [-0.39, 0.29) is 30.4 Å². The minimum absolute atomic E-state index is 0.104. The molecule has 0 aliphatic carbocycles. The monoisotopic (exact) mass is 434 g/mol. The summed E-state index contributed by atoms with van der Waals surface area (Å²) >= 11 is 6.12. The molecule has 1 atom stereocenters. The van der Waals surface area contributed by atoms with E-state index in [1.807, 2.05) is 12.1 Å². The number of sulfonamides is 1. The Balaban J connectivity index is 1.68. The molecule has 0 amide bonds. The van der Waals surface area contributed by atoms with Crippen molar-refractivity contribution in [3.05, 3.63) is 58.8 Å². The van der Waals surface area contributed by atoms with E-state index >= 15 is 0 Å². The van der Waals surface area contributed by atoms with Crippen LogP contribution in [0.4, 0.5) is 0 Å². The van der Waals surface area contributed by atoms with Crippen LogP contribution in [0.1, 0.15) is 23.3 Å². The summed E-state index contributed by atoms with van der Waals surface area (Å²) in [6, 6.07) is 7.26. The summed E-state index contributed by atoms with van der Waals surface area (Å²) in [5.74, 6) is 0.268. The van der Waals surface area contributed by atoms with Crippen molar-refractivity contribution in [2.45, 2.75) is 24.8 Å². The summed E-state index contributed by atoms with van der Waals surface area (Å²) in [5.41, 5.74) is 2.30. The standard InChI is InChI=1S/C19H19ClN4O4S/c1-12-19(13(2)28-23-12)29(25,26)24-8-9-27-16(11-24)18-17(21-6-7-22-18)14-4-3-5-15(20)10-14/h3-7,10,16H,8-9,11H2,1-2H3/t16-/m1/s1. The molecule has 29 heavy (non-hydrogen) atoms. The van der Waals surface area contributed by atoms with Gasteiger partial charge in [0.15, 0.2) is 5.76 Å². The maximum atomic E-state index is 13.2. The molecule has 10 heteroatoms. The molecule has 152 valence electrons. The number of rotatable bonds is 4. The minimum atomic E-state index is -3.78. The fourth-order valence-corrected chi connectivity index (χ4v) is 5.33. The van der Waals surface area contributed by atoms with E-state index in [2.05, 4.69) is 15.1 Å². The fourth-order valence-electron chi connectivity index (χ4n) is 3.42. The molecule has 0 bridgehead atoms. The van der Waals surface area contributed by atoms with Gasteiger partial charge in [0.05, 0.1) is 18.0 Å². The van der Waals surface area contributed by atoms with Crippen molar-refractivity contribution in [2.75, 3.05) is 19.7 Å². The number of aromatic nitrogens is 3. The highest BCUT2D eigenvalue weighted by atomic mass is 35.5. The van der Waals surface area contributed by atoms with Gasteiger partial charge in [-0.1, -0.05) is 28.9 Å². The van der Waals surface area contributed by atoms with E-state index in [9.17, 15) is 8.42 Å². The molecule has 1 saturated heterocycles. The average molecular weight is 435 g/mol. The van der Waals surface area contributed by atoms with Crippen LogP contribution in [0.25, 0.3) is 11.3 Å². The van der Waals surface area contributed by atoms with Crippen molar-refractivity contribution >= 4 is 21.6 Å². The summed E-state index contributed by atoms with van der Waals surface area (Å²) in [6.45, 7) is 3.78. The van der Waals surface area contributed by atoms with Crippen LogP contribution in [0.15, 0.2) is 46.1 Å². The Bertz CT molecular complexity index is 1130. The van der Waals surface area contributed by atoms with Gasteiger partial charge in [0.2, 0.25) is 10.0 Å². The van der Waals surface area contributed by atoms with Gasteiger partial charge in [0, 0.05) is 36.1 Å². The summed E-state index contributed by atoms with van der Waals surface area (Å²) < 4.78 is 38.7. The second-order valence-corrected chi connectivity index (χ2v) is 8.99. The normalized spacial score (nSPS) is 18.1. The minimum Gasteiger partial charge on any atom is -0.369 e. The lowest BCUT2D eigenvalue weighted by molar-refractivity contribution is -0.00480. The number of benzene rings is 1. The lowest BCUT2D eigenvalue weighted by Crippen LogP contribution is -2.42. The van der Waals surface area contributed by atoms with E-state index < -0.39 is 16.1 Å². The van der Waals surface area contributed by atoms with E-state index in [1.54, 1.807) is 38.4 Å². The van der Waals surface area contributed by atoms with Crippen LogP contribution in [0, 0.1) is 13.8 Å². The van der Waals surface area contributed by atoms with Gasteiger partial charge < -0.3 is 9.26 Å². The second kappa shape index (κ2) is 7.83. The van der Waals surface area contributed by atoms with Gasteiger partial charge in [0.1, 0.15) is 16.7 Å². The zero-order valence-corrected chi connectivity index (χ0v) is 17.4. The van der Waals surface area contributed by atoms with Gasteiger partial charge >= 0.3 is 0 Å². The zero-order valence-electron chi connectivity index (χ0n) is 15.9. The Labute approximate surface area is 173 Å². The molecule has 1 aliphatic heterocycles. The van der Waals surface area contributed by atoms with Crippen LogP contribution in [0.3, 0.4) is 0 Å². The lowest BCUT2D eigenvalue weighted by Gasteiger charge is -2.32. The molecule has 1 aliphatic rings. The maximum absolute atomic E-state index is 13.2. The van der Waals surface area contributed by atoms with Crippen LogP contribution in [-0.2, 0) is 14.8 Å². The molecule has 0 N–H and O–H groups in total. The van der Waals surface area contributed by atoms with E-state index in [0.717, 1.165) is 5.56 Å². The molecule has 3 heterocycles. The predicted molar refractivity (Wildman–Crippen MR) is 106 cm³/mol. The molecule has 1 fully saturated rings. The molecule has 2 aromatic heterocycles. The van der Waals surface area contributed by atoms with Crippen molar-refractivity contribution in [1.82, 2.24) is 19.4 Å². The quantitative estimate of drug-likeness (QED) is 0.621. The average Bonchev–Trinajstić information content (AvgIpc) is 3.07. The van der Waals surface area contributed by atoms with Crippen molar-refractivity contribution < 1.29 is 17.7 Å². The zero-order chi connectivity index (χ0) is 20.6. The molecule has 0 unspecified atom stereocenters. The predicted octanol–water partition coefficient (Wildman–Crippen LogP) is 3.16. The lowest BCUT2D eigenvalue weighted by atomic mass is 10.1. The van der Waals surface area contributed by atoms with Gasteiger partial charge in [-0.3, -0.25) is 9.97 Å². The van der Waals surface area contributed by atoms with Crippen LogP contribution >= 0.6 is 11.6 Å². The largest absolute Gasteiger partial charge is 0.369 e. The first-order valence-corrected chi connectivity index (χ1v) is 10.8. The molecule has 4 rings (SSSR count). The maximum Gasteiger partial charge on any atom is 0.248 e. The molecular weight excluding hydrogens is 416 g/mol. The second-order valence-electron chi connectivity index (χ2n) is 6.68. The Morgan fingerprint density at radius 3 is 2.72 bits per heavy atom. The van der Waals surface area contributed by atoms with Crippen molar-refractivity contribution in [1.29, 1.82) is 0 Å². The first kappa shape index (κ1) is 20.0. The van der Waals surface area contributed by atoms with Gasteiger partial charge in [-0.25, -0.2) is 8.42 Å². The summed E-state index contributed by atoms with van der Waals surface area (Å²) in [7, 11) is -3.78. The summed E-state index contributed by atoms with van der Waals surface area (Å²) in [6.07, 6.45) is 2.58. The topological polar surface area (TPSA) is 98.4 Å². The molecule has 1 aromatic carbocycles. The molecule has 0 radical (unpaired) electrons. The van der Waals surface area contributed by atoms with Crippen LogP contribution in [0.5, 0.6) is 0 Å². The van der Waals surface area contributed by atoms with Crippen LogP contribution < -0.4 is 0 Å². The third-order valence-electron chi connectivity index (χ3n) is 4.72. The van der Waals surface area contributed by atoms with Gasteiger partial charge in [0.25, 0.3) is 0 Å². The van der Waals surface area contributed by atoms with E-state index in [4.69, 9.17) is 20.9 Å². The van der Waals surface area contributed by atoms with Gasteiger partial charge in [-0.2, -0.15) is 4.31 Å². The molecule has 3 aromatic rings. The number of nitrogens with zero attached hydrogens (tertiary/aromatic N) is 4. The van der Waals surface area contributed by atoms with Crippen LogP contribution in [-0.4, -0.2) is 47.5 Å². The smallest absolute Gasteiger partial charge is 0.248 e. The molecule has 0 saturated carbocycles. The summed E-state index contributed by atoms with van der Waals surface area (Å²) in [5, 5.41) is 4.34. The third kappa shape index (κ3) is 3.78. The van der Waals surface area contributed by atoms with Gasteiger partial charge in [-0.05, 0) is 26.0 Å². The highest BCUT2D eigenvalue weighted by molar-refractivity contribution is 7.89. The van der Waals surface area contributed by atoms with Gasteiger partial charge in [-0.15, -0.1) is 0 Å². The Morgan fingerprint density at radius 2 is 2.00 bits per heavy atom. The number of ether oxygens (including phenoxy) is 1. The first-order valence-electron chi connectivity index (χ1n) is 8.99. The number of hydrogen-bond donors (Lipinski definition) is 0. The van der Waals surface area contributed by atoms with Crippen molar-refractivity contribution in [3.8, 4) is 11.3 Å². The number of hydrogen-bond acceptors (Lipinski definition) is 7. The van der Waals surface area contributed by atoms with E-state index in [1.165, 1.54) is 4.31 Å². The Kier molecular flexibility index (Phi) is 5.39. The Morgan fingerprint density at radius 1 is 1.21 bits per heavy atom. The van der Waals surface area contributed by atoms with E-state index in [0.29, 0.717) is 22.1 Å². The molecule has 8 nitrogen and oxygen atoms in total. The third-order valence-corrected chi connectivity index (χ3v) is 7.07. The highest BCUT2D eigenvalue weighted by Gasteiger charge is 2.36. The summed E-state index contributed by atoms with van der Waals surface area (Å²) in [4.78, 5) is 8.98. The first-order chi connectivity index (χ1) is 13.9. The van der Waals surface area contributed by atoms with Crippen LogP contribution in [0.2, 0.25) is 5.02 Å². The fraction of sp³-hybridized carbons (Fsp3) is 0.316. The SMILES string of the molecule is Cc1noc(C)c1S(=O)(=O)N1CCO[C@@H](c2nccnc2-c2cccc(Cl)c2)C1. The molecular formula is C19H19ClN4O4S. The van der Waals surface area contributed by atoms with Crippen molar-refractivity contribution in [2.24, 2.45) is 0 Å².